The van der Waals surface area contributed by atoms with E-state index < -0.39 is 11.7 Å². The molecule has 1 fully saturated rings. The van der Waals surface area contributed by atoms with Gasteiger partial charge in [-0.05, 0) is 60.2 Å². The molecule has 3 aromatic rings. The number of amides is 2. The summed E-state index contributed by atoms with van der Waals surface area (Å²) in [6.45, 7) is 0. The molecule has 1 saturated heterocycles. The first-order chi connectivity index (χ1) is 15.3. The third kappa shape index (κ3) is 4.71. The molecule has 1 aliphatic heterocycles. The minimum atomic E-state index is -0.398. The fourth-order valence-electron chi connectivity index (χ4n) is 2.99. The number of carbonyl (C=O) groups excluding carboxylic acids is 2. The Morgan fingerprint density at radius 3 is 2.53 bits per heavy atom. The van der Waals surface area contributed by atoms with Crippen molar-refractivity contribution in [1.82, 2.24) is 0 Å². The monoisotopic (exact) mass is 502 g/mol. The predicted molar refractivity (Wildman–Crippen MR) is 133 cm³/mol. The molecule has 0 unspecified atom stereocenters. The average molecular weight is 503 g/mol. The van der Waals surface area contributed by atoms with Crippen LogP contribution < -0.4 is 10.2 Å². The molecule has 160 valence electrons. The van der Waals surface area contributed by atoms with E-state index in [-0.39, 0.29) is 5.91 Å². The van der Waals surface area contributed by atoms with E-state index in [1.54, 1.807) is 48.5 Å². The van der Waals surface area contributed by atoms with E-state index in [4.69, 9.17) is 35.4 Å². The van der Waals surface area contributed by atoms with E-state index in [1.165, 1.54) is 29.2 Å². The van der Waals surface area contributed by atoms with Crippen LogP contribution in [0.4, 0.5) is 15.8 Å². The maximum atomic E-state index is 13.1. The first kappa shape index (κ1) is 22.5. The first-order valence-corrected chi connectivity index (χ1v) is 11.2. The maximum Gasteiger partial charge on any atom is 0.270 e. The number of hydrogen-bond donors (Lipinski definition) is 1. The minimum Gasteiger partial charge on any atom is -0.322 e. The van der Waals surface area contributed by atoms with Crippen LogP contribution >= 0.6 is 47.2 Å². The second-order valence-corrected chi connectivity index (χ2v) is 9.13. The van der Waals surface area contributed by atoms with Gasteiger partial charge in [0.05, 0.1) is 20.6 Å². The van der Waals surface area contributed by atoms with Crippen LogP contribution in [0.1, 0.15) is 15.9 Å². The van der Waals surface area contributed by atoms with Gasteiger partial charge in [0, 0.05) is 11.3 Å². The lowest BCUT2D eigenvalue weighted by molar-refractivity contribution is -0.113. The van der Waals surface area contributed by atoms with Gasteiger partial charge in [0.15, 0.2) is 4.32 Å². The van der Waals surface area contributed by atoms with Crippen LogP contribution in [-0.4, -0.2) is 16.1 Å². The van der Waals surface area contributed by atoms with Crippen LogP contribution in [0.2, 0.25) is 10.0 Å². The largest absolute Gasteiger partial charge is 0.322 e. The summed E-state index contributed by atoms with van der Waals surface area (Å²) in [5.41, 5.74) is 1.84. The van der Waals surface area contributed by atoms with Gasteiger partial charge in [-0.25, -0.2) is 4.39 Å². The Morgan fingerprint density at radius 2 is 1.78 bits per heavy atom. The molecule has 3 aromatic carbocycles. The quantitative estimate of drug-likeness (QED) is 0.315. The van der Waals surface area contributed by atoms with Crippen LogP contribution in [-0.2, 0) is 4.79 Å². The maximum absolute atomic E-state index is 13.1. The Kier molecular flexibility index (Phi) is 6.62. The summed E-state index contributed by atoms with van der Waals surface area (Å²) in [4.78, 5) is 27.4. The summed E-state index contributed by atoms with van der Waals surface area (Å²) in [6.07, 6.45) is 1.64. The molecule has 1 N–H and O–H groups in total. The van der Waals surface area contributed by atoms with E-state index >= 15 is 0 Å². The first-order valence-electron chi connectivity index (χ1n) is 9.22. The number of nitrogens with zero attached hydrogens (tertiary/aromatic N) is 1. The highest BCUT2D eigenvalue weighted by Gasteiger charge is 2.33. The summed E-state index contributed by atoms with van der Waals surface area (Å²) in [5, 5.41) is 3.42. The normalized spacial score (nSPS) is 14.8. The van der Waals surface area contributed by atoms with E-state index in [0.29, 0.717) is 41.8 Å². The van der Waals surface area contributed by atoms with Crippen molar-refractivity contribution in [1.29, 1.82) is 0 Å². The van der Waals surface area contributed by atoms with Crippen LogP contribution in [0, 0.1) is 5.82 Å². The van der Waals surface area contributed by atoms with Crippen molar-refractivity contribution < 1.29 is 14.0 Å². The van der Waals surface area contributed by atoms with Crippen molar-refractivity contribution in [3.05, 3.63) is 98.6 Å². The summed E-state index contributed by atoms with van der Waals surface area (Å²) >= 11 is 18.8. The standard InChI is InChI=1S/C23H13Cl2FN2O2S2/c24-18-6-2-3-13(20(18)25)12-19-22(30)28(23(31)32-19)17-5-1-4-14(11-17)21(29)27-16-9-7-15(26)8-10-16/h1-12H,(H,27,29)/b19-12+. The Morgan fingerprint density at radius 1 is 1.06 bits per heavy atom. The lowest BCUT2D eigenvalue weighted by Crippen LogP contribution is -2.27. The summed E-state index contributed by atoms with van der Waals surface area (Å²) < 4.78 is 13.4. The smallest absolute Gasteiger partial charge is 0.270 e. The van der Waals surface area contributed by atoms with Crippen LogP contribution in [0.25, 0.3) is 6.08 Å². The van der Waals surface area contributed by atoms with Crippen LogP contribution in [0.3, 0.4) is 0 Å². The molecule has 0 aliphatic carbocycles. The lowest BCUT2D eigenvalue weighted by atomic mass is 10.1. The number of hydrogen-bond acceptors (Lipinski definition) is 4. The topological polar surface area (TPSA) is 49.4 Å². The fourth-order valence-corrected chi connectivity index (χ4v) is 4.64. The average Bonchev–Trinajstić information content (AvgIpc) is 3.06. The number of benzene rings is 3. The zero-order chi connectivity index (χ0) is 22.8. The van der Waals surface area contributed by atoms with Gasteiger partial charge >= 0.3 is 0 Å². The summed E-state index contributed by atoms with van der Waals surface area (Å²) in [7, 11) is 0. The van der Waals surface area contributed by atoms with Gasteiger partial charge in [0.2, 0.25) is 0 Å². The van der Waals surface area contributed by atoms with Crippen molar-refractivity contribution in [2.45, 2.75) is 0 Å². The van der Waals surface area contributed by atoms with Crippen molar-refractivity contribution >= 4 is 80.8 Å². The van der Waals surface area contributed by atoms with Crippen LogP contribution in [0.15, 0.2) is 71.6 Å². The Hall–Kier alpha value is -2.71. The van der Waals surface area contributed by atoms with Crippen molar-refractivity contribution in [2.75, 3.05) is 10.2 Å². The number of thiocarbonyl (C=S) groups is 1. The summed E-state index contributed by atoms with van der Waals surface area (Å²) in [6, 6.07) is 17.1. The second-order valence-electron chi connectivity index (χ2n) is 6.67. The number of nitrogens with one attached hydrogen (secondary N) is 1. The molecule has 4 rings (SSSR count). The van der Waals surface area contributed by atoms with Crippen molar-refractivity contribution in [3.8, 4) is 0 Å². The van der Waals surface area contributed by atoms with E-state index in [0.717, 1.165) is 11.8 Å². The molecule has 1 aliphatic rings. The van der Waals surface area contributed by atoms with Gasteiger partial charge in [0.25, 0.3) is 11.8 Å². The highest BCUT2D eigenvalue weighted by atomic mass is 35.5. The third-order valence-electron chi connectivity index (χ3n) is 4.53. The van der Waals surface area contributed by atoms with Crippen LogP contribution in [0.5, 0.6) is 0 Å². The molecule has 0 aromatic heterocycles. The molecule has 32 heavy (non-hydrogen) atoms. The Balaban J connectivity index is 1.58. The van der Waals surface area contributed by atoms with Gasteiger partial charge in [-0.2, -0.15) is 0 Å². The van der Waals surface area contributed by atoms with Gasteiger partial charge in [-0.15, -0.1) is 0 Å². The molecule has 0 atom stereocenters. The Bertz CT molecular complexity index is 1280. The highest BCUT2D eigenvalue weighted by Crippen LogP contribution is 2.38. The number of rotatable bonds is 4. The van der Waals surface area contributed by atoms with Gasteiger partial charge < -0.3 is 5.32 Å². The Labute approximate surface area is 203 Å². The lowest BCUT2D eigenvalue weighted by Gasteiger charge is -2.15. The molecular weight excluding hydrogens is 490 g/mol. The predicted octanol–water partition coefficient (Wildman–Crippen LogP) is 6.79. The van der Waals surface area contributed by atoms with E-state index in [2.05, 4.69) is 5.32 Å². The molecule has 2 amide bonds. The van der Waals surface area contributed by atoms with E-state index in [1.807, 2.05) is 0 Å². The second kappa shape index (κ2) is 9.42. The van der Waals surface area contributed by atoms with Crippen molar-refractivity contribution in [2.24, 2.45) is 0 Å². The fraction of sp³-hybridized carbons (Fsp3) is 0. The van der Waals surface area contributed by atoms with Crippen molar-refractivity contribution in [3.63, 3.8) is 0 Å². The van der Waals surface area contributed by atoms with Gasteiger partial charge in [-0.1, -0.05) is 65.4 Å². The number of anilines is 2. The third-order valence-corrected chi connectivity index (χ3v) is 6.67. The van der Waals surface area contributed by atoms with E-state index in [9.17, 15) is 14.0 Å². The molecule has 0 spiro atoms. The minimum absolute atomic E-state index is 0.322. The zero-order valence-corrected chi connectivity index (χ0v) is 19.3. The zero-order valence-electron chi connectivity index (χ0n) is 16.1. The summed E-state index contributed by atoms with van der Waals surface area (Å²) in [5.74, 6) is -1.12. The number of thioether (sulfide) groups is 1. The molecule has 1 heterocycles. The number of halogens is 3. The molecule has 0 bridgehead atoms. The molecular formula is C23H13Cl2FN2O2S2. The molecule has 9 heteroatoms. The molecule has 0 saturated carbocycles. The van der Waals surface area contributed by atoms with Gasteiger partial charge in [-0.3, -0.25) is 14.5 Å². The molecule has 4 nitrogen and oxygen atoms in total. The molecule has 0 radical (unpaired) electrons. The number of carbonyl (C=O) groups is 2. The SMILES string of the molecule is O=C(Nc1ccc(F)cc1)c1cccc(N2C(=O)/C(=C\c3cccc(Cl)c3Cl)SC2=S)c1. The van der Waals surface area contributed by atoms with Gasteiger partial charge in [0.1, 0.15) is 5.82 Å². The highest BCUT2D eigenvalue weighted by molar-refractivity contribution is 8.27.